The van der Waals surface area contributed by atoms with Gasteiger partial charge in [-0.1, -0.05) is 53.2 Å². The average molecular weight is 394 g/mol. The molecule has 0 aliphatic carbocycles. The number of carbonyl (C=O) groups excluding carboxylic acids is 2. The van der Waals surface area contributed by atoms with Gasteiger partial charge in [0.25, 0.3) is 5.91 Å². The highest BCUT2D eigenvalue weighted by Crippen LogP contribution is 2.22. The van der Waals surface area contributed by atoms with E-state index in [2.05, 4.69) is 20.0 Å². The summed E-state index contributed by atoms with van der Waals surface area (Å²) in [6.45, 7) is 2.37. The minimum atomic E-state index is -0.389. The van der Waals surface area contributed by atoms with Crippen LogP contribution in [0.25, 0.3) is 0 Å². The van der Waals surface area contributed by atoms with Gasteiger partial charge in [-0.3, -0.25) is 9.59 Å². The van der Waals surface area contributed by atoms with E-state index in [4.69, 9.17) is 11.6 Å². The van der Waals surface area contributed by atoms with Gasteiger partial charge in [-0.2, -0.15) is 0 Å². The second-order valence-corrected chi connectivity index (χ2v) is 6.91. The number of carbonyl (C=O) groups is 2. The molecule has 1 aromatic heterocycles. The highest BCUT2D eigenvalue weighted by atomic mass is 35.5. The van der Waals surface area contributed by atoms with Crippen molar-refractivity contribution in [1.82, 2.24) is 15.3 Å². The van der Waals surface area contributed by atoms with Gasteiger partial charge in [-0.25, -0.2) is 9.97 Å². The second kappa shape index (κ2) is 10.1. The number of halogens is 1. The molecule has 0 aliphatic heterocycles. The second-order valence-electron chi connectivity index (χ2n) is 5.56. The van der Waals surface area contributed by atoms with Crippen molar-refractivity contribution in [2.45, 2.75) is 30.7 Å². The zero-order valence-electron chi connectivity index (χ0n) is 14.6. The van der Waals surface area contributed by atoms with Gasteiger partial charge in [0.05, 0.1) is 18.3 Å². The van der Waals surface area contributed by atoms with E-state index in [9.17, 15) is 9.59 Å². The van der Waals surface area contributed by atoms with Gasteiger partial charge < -0.3 is 10.1 Å². The molecule has 0 unspecified atom stereocenters. The minimum Gasteiger partial charge on any atom is -0.469 e. The van der Waals surface area contributed by atoms with E-state index < -0.39 is 0 Å². The molecule has 0 atom stereocenters. The first-order chi connectivity index (χ1) is 12.5. The molecular formula is C18H20ClN3O3S. The van der Waals surface area contributed by atoms with Crippen LogP contribution in [-0.2, 0) is 15.3 Å². The molecule has 1 amide bonds. The van der Waals surface area contributed by atoms with Crippen LogP contribution in [0.3, 0.4) is 0 Å². The lowest BCUT2D eigenvalue weighted by Gasteiger charge is -2.07. The highest BCUT2D eigenvalue weighted by Gasteiger charge is 2.14. The number of hydrogen-bond acceptors (Lipinski definition) is 6. The van der Waals surface area contributed by atoms with Crippen molar-refractivity contribution in [2.24, 2.45) is 0 Å². The van der Waals surface area contributed by atoms with Crippen molar-refractivity contribution in [3.63, 3.8) is 0 Å². The summed E-state index contributed by atoms with van der Waals surface area (Å²) in [5.41, 5.74) is 2.48. The summed E-state index contributed by atoms with van der Waals surface area (Å²) >= 11 is 7.47. The fourth-order valence-corrected chi connectivity index (χ4v) is 2.98. The number of aryl methyl sites for hydroxylation is 1. The fraction of sp³-hybridized carbons (Fsp3) is 0.333. The van der Waals surface area contributed by atoms with Crippen LogP contribution in [-0.4, -0.2) is 35.5 Å². The third-order valence-corrected chi connectivity index (χ3v) is 4.71. The predicted octanol–water partition coefficient (Wildman–Crippen LogP) is 3.41. The number of nitrogens with one attached hydrogen (secondary N) is 1. The van der Waals surface area contributed by atoms with Gasteiger partial charge in [-0.05, 0) is 18.9 Å². The smallest absolute Gasteiger partial charge is 0.305 e. The first-order valence-electron chi connectivity index (χ1n) is 8.05. The van der Waals surface area contributed by atoms with Crippen LogP contribution in [0, 0.1) is 6.92 Å². The first kappa shape index (κ1) is 20.2. The summed E-state index contributed by atoms with van der Waals surface area (Å²) in [7, 11) is 1.33. The standard InChI is InChI=1S/C18H20ClN3O3S/c1-12-5-7-13(8-6-12)11-26-18-21-10-14(19)16(22-18)17(24)20-9-3-4-15(23)25-2/h5-8,10H,3-4,9,11H2,1-2H3,(H,20,24). The Hall–Kier alpha value is -2.12. The quantitative estimate of drug-likeness (QED) is 0.320. The van der Waals surface area contributed by atoms with Gasteiger partial charge in [0.2, 0.25) is 0 Å². The summed E-state index contributed by atoms with van der Waals surface area (Å²) in [5, 5.41) is 3.37. The summed E-state index contributed by atoms with van der Waals surface area (Å²) in [4.78, 5) is 31.7. The fourth-order valence-electron chi connectivity index (χ4n) is 2.03. The molecule has 138 valence electrons. The Bertz CT molecular complexity index is 769. The summed E-state index contributed by atoms with van der Waals surface area (Å²) < 4.78 is 4.55. The lowest BCUT2D eigenvalue weighted by molar-refractivity contribution is -0.140. The number of amides is 1. The van der Waals surface area contributed by atoms with Crippen LogP contribution in [0.2, 0.25) is 5.02 Å². The number of esters is 1. The number of rotatable bonds is 8. The summed E-state index contributed by atoms with van der Waals surface area (Å²) in [6, 6.07) is 8.19. The summed E-state index contributed by atoms with van der Waals surface area (Å²) in [5.74, 6) is -0.00388. The van der Waals surface area contributed by atoms with Crippen LogP contribution in [0.15, 0.2) is 35.6 Å². The molecule has 1 heterocycles. The van der Waals surface area contributed by atoms with Crippen molar-refractivity contribution in [2.75, 3.05) is 13.7 Å². The third-order valence-electron chi connectivity index (χ3n) is 3.50. The van der Waals surface area contributed by atoms with E-state index in [-0.39, 0.29) is 29.0 Å². The molecule has 1 aromatic carbocycles. The van der Waals surface area contributed by atoms with Crippen LogP contribution < -0.4 is 5.32 Å². The number of benzene rings is 1. The first-order valence-corrected chi connectivity index (χ1v) is 9.42. The molecule has 2 rings (SSSR count). The Morgan fingerprint density at radius 2 is 2.00 bits per heavy atom. The molecule has 2 aromatic rings. The third kappa shape index (κ3) is 6.31. The van der Waals surface area contributed by atoms with Crippen molar-refractivity contribution < 1.29 is 14.3 Å². The SMILES string of the molecule is COC(=O)CCCNC(=O)c1nc(SCc2ccc(C)cc2)ncc1Cl. The van der Waals surface area contributed by atoms with Crippen LogP contribution >= 0.6 is 23.4 Å². The maximum Gasteiger partial charge on any atom is 0.305 e. The molecule has 0 saturated carbocycles. The Morgan fingerprint density at radius 1 is 1.27 bits per heavy atom. The number of ether oxygens (including phenoxy) is 1. The van der Waals surface area contributed by atoms with Crippen LogP contribution in [0.4, 0.5) is 0 Å². The zero-order chi connectivity index (χ0) is 18.9. The molecule has 0 aliphatic rings. The molecular weight excluding hydrogens is 374 g/mol. The van der Waals surface area contributed by atoms with Gasteiger partial charge in [-0.15, -0.1) is 0 Å². The molecule has 0 saturated heterocycles. The van der Waals surface area contributed by atoms with Crippen molar-refractivity contribution in [1.29, 1.82) is 0 Å². The average Bonchev–Trinajstić information content (AvgIpc) is 2.65. The molecule has 1 N–H and O–H groups in total. The van der Waals surface area contributed by atoms with E-state index in [0.29, 0.717) is 23.9 Å². The number of thioether (sulfide) groups is 1. The Morgan fingerprint density at radius 3 is 2.69 bits per heavy atom. The molecule has 6 nitrogen and oxygen atoms in total. The van der Waals surface area contributed by atoms with Crippen molar-refractivity contribution >= 4 is 35.2 Å². The Labute approximate surface area is 161 Å². The molecule has 26 heavy (non-hydrogen) atoms. The normalized spacial score (nSPS) is 10.4. The lowest BCUT2D eigenvalue weighted by Crippen LogP contribution is -2.26. The highest BCUT2D eigenvalue weighted by molar-refractivity contribution is 7.98. The van der Waals surface area contributed by atoms with Crippen LogP contribution in [0.5, 0.6) is 0 Å². The molecule has 0 fully saturated rings. The van der Waals surface area contributed by atoms with Gasteiger partial charge in [0.1, 0.15) is 0 Å². The summed E-state index contributed by atoms with van der Waals surface area (Å²) in [6.07, 6.45) is 2.15. The molecule has 0 bridgehead atoms. The van der Waals surface area contributed by atoms with E-state index in [1.165, 1.54) is 30.6 Å². The minimum absolute atomic E-state index is 0.131. The molecule has 0 radical (unpaired) electrons. The van der Waals surface area contributed by atoms with Gasteiger partial charge in [0.15, 0.2) is 10.9 Å². The maximum atomic E-state index is 12.2. The van der Waals surface area contributed by atoms with E-state index in [1.54, 1.807) is 0 Å². The number of aromatic nitrogens is 2. The Balaban J connectivity index is 1.92. The predicted molar refractivity (Wildman–Crippen MR) is 101 cm³/mol. The Kier molecular flexibility index (Phi) is 7.87. The largest absolute Gasteiger partial charge is 0.469 e. The number of nitrogens with zero attached hydrogens (tertiary/aromatic N) is 2. The molecule has 8 heteroatoms. The molecule has 0 spiro atoms. The topological polar surface area (TPSA) is 81.2 Å². The van der Waals surface area contributed by atoms with E-state index in [1.807, 2.05) is 31.2 Å². The maximum absolute atomic E-state index is 12.2. The van der Waals surface area contributed by atoms with Gasteiger partial charge in [0, 0.05) is 18.7 Å². The number of hydrogen-bond donors (Lipinski definition) is 1. The van der Waals surface area contributed by atoms with Gasteiger partial charge >= 0.3 is 5.97 Å². The van der Waals surface area contributed by atoms with Crippen LogP contribution in [0.1, 0.15) is 34.5 Å². The van der Waals surface area contributed by atoms with Crippen molar-refractivity contribution in [3.05, 3.63) is 52.3 Å². The lowest BCUT2D eigenvalue weighted by atomic mass is 10.2. The monoisotopic (exact) mass is 393 g/mol. The zero-order valence-corrected chi connectivity index (χ0v) is 16.2. The van der Waals surface area contributed by atoms with E-state index in [0.717, 1.165) is 5.56 Å². The van der Waals surface area contributed by atoms with Crippen molar-refractivity contribution in [3.8, 4) is 0 Å². The van der Waals surface area contributed by atoms with E-state index >= 15 is 0 Å². The number of methoxy groups -OCH3 is 1.